The Hall–Kier alpha value is -2.70. The second kappa shape index (κ2) is 5.25. The van der Waals surface area contributed by atoms with Crippen LogP contribution in [0.5, 0.6) is 0 Å². The van der Waals surface area contributed by atoms with Crippen molar-refractivity contribution >= 4 is 17.4 Å². The molecule has 0 bridgehead atoms. The molecular weight excluding hydrogens is 282 g/mol. The molecule has 0 fully saturated rings. The highest BCUT2D eigenvalue weighted by Crippen LogP contribution is 2.15. The van der Waals surface area contributed by atoms with Crippen LogP contribution in [-0.4, -0.2) is 25.7 Å². The first-order chi connectivity index (χ1) is 10.4. The summed E-state index contributed by atoms with van der Waals surface area (Å²) in [5.41, 5.74) is 4.14. The largest absolute Gasteiger partial charge is 0.361 e. The number of carbonyl (C=O) groups excluding carboxylic acids is 1. The second-order valence-electron chi connectivity index (χ2n) is 5.37. The number of fused-ring (bicyclic) bond motifs is 1. The van der Waals surface area contributed by atoms with Crippen molar-refractivity contribution in [3.63, 3.8) is 0 Å². The molecule has 7 nitrogen and oxygen atoms in total. The predicted molar refractivity (Wildman–Crippen MR) is 80.8 cm³/mol. The Bertz CT molecular complexity index is 843. The zero-order chi connectivity index (χ0) is 15.9. The number of rotatable bonds is 3. The fraction of sp³-hybridized carbons (Fsp3) is 0.333. The van der Waals surface area contributed by atoms with E-state index in [0.717, 1.165) is 22.6 Å². The SMILES string of the molecule is Cc1cc(C)n2nc(NC(=O)Cc3c(C)noc3C)cc2n1. The van der Waals surface area contributed by atoms with Crippen LogP contribution in [0, 0.1) is 27.7 Å². The summed E-state index contributed by atoms with van der Waals surface area (Å²) in [7, 11) is 0. The van der Waals surface area contributed by atoms with Crippen LogP contribution < -0.4 is 5.32 Å². The minimum absolute atomic E-state index is 0.160. The Balaban J connectivity index is 1.81. The highest BCUT2D eigenvalue weighted by molar-refractivity contribution is 5.92. The normalized spacial score (nSPS) is 11.1. The average Bonchev–Trinajstić information content (AvgIpc) is 2.96. The van der Waals surface area contributed by atoms with E-state index in [-0.39, 0.29) is 12.3 Å². The van der Waals surface area contributed by atoms with E-state index in [1.165, 1.54) is 0 Å². The lowest BCUT2D eigenvalue weighted by Crippen LogP contribution is -2.15. The van der Waals surface area contributed by atoms with Crippen LogP contribution in [0.4, 0.5) is 5.82 Å². The number of aromatic nitrogens is 4. The van der Waals surface area contributed by atoms with Crippen molar-refractivity contribution in [3.8, 4) is 0 Å². The number of nitrogens with zero attached hydrogens (tertiary/aromatic N) is 4. The molecule has 22 heavy (non-hydrogen) atoms. The Morgan fingerprint density at radius 3 is 2.73 bits per heavy atom. The lowest BCUT2D eigenvalue weighted by Gasteiger charge is -2.01. The van der Waals surface area contributed by atoms with Gasteiger partial charge in [-0.15, -0.1) is 5.10 Å². The molecule has 0 radical (unpaired) electrons. The molecule has 0 unspecified atom stereocenters. The number of nitrogens with one attached hydrogen (secondary N) is 1. The van der Waals surface area contributed by atoms with E-state index >= 15 is 0 Å². The molecule has 3 aromatic heterocycles. The molecule has 0 aliphatic rings. The van der Waals surface area contributed by atoms with E-state index < -0.39 is 0 Å². The van der Waals surface area contributed by atoms with E-state index in [9.17, 15) is 4.79 Å². The van der Waals surface area contributed by atoms with E-state index in [0.29, 0.717) is 17.2 Å². The highest BCUT2D eigenvalue weighted by Gasteiger charge is 2.15. The maximum absolute atomic E-state index is 12.2. The van der Waals surface area contributed by atoms with Gasteiger partial charge in [-0.2, -0.15) is 0 Å². The summed E-state index contributed by atoms with van der Waals surface area (Å²) in [5.74, 6) is 0.987. The Morgan fingerprint density at radius 1 is 1.27 bits per heavy atom. The van der Waals surface area contributed by atoms with Crippen LogP contribution in [0.25, 0.3) is 5.65 Å². The summed E-state index contributed by atoms with van der Waals surface area (Å²) >= 11 is 0. The van der Waals surface area contributed by atoms with Crippen molar-refractivity contribution in [2.75, 3.05) is 5.32 Å². The number of hydrogen-bond donors (Lipinski definition) is 1. The van der Waals surface area contributed by atoms with Crippen molar-refractivity contribution < 1.29 is 9.32 Å². The Kier molecular flexibility index (Phi) is 3.40. The number of carbonyl (C=O) groups is 1. The molecule has 0 saturated carbocycles. The molecule has 3 rings (SSSR count). The maximum Gasteiger partial charge on any atom is 0.230 e. The molecule has 114 valence electrons. The fourth-order valence-electron chi connectivity index (χ4n) is 2.45. The van der Waals surface area contributed by atoms with Crippen LogP contribution in [0.15, 0.2) is 16.7 Å². The smallest absolute Gasteiger partial charge is 0.230 e. The molecule has 0 atom stereocenters. The minimum Gasteiger partial charge on any atom is -0.361 e. The first-order valence-corrected chi connectivity index (χ1v) is 6.99. The number of anilines is 1. The first kappa shape index (κ1) is 14.2. The van der Waals surface area contributed by atoms with E-state index in [1.807, 2.05) is 26.8 Å². The predicted octanol–water partition coefficient (Wildman–Crippen LogP) is 2.13. The van der Waals surface area contributed by atoms with E-state index in [4.69, 9.17) is 4.52 Å². The van der Waals surface area contributed by atoms with Gasteiger partial charge in [0.15, 0.2) is 11.5 Å². The molecule has 0 aliphatic carbocycles. The third-order valence-electron chi connectivity index (χ3n) is 3.52. The van der Waals surface area contributed by atoms with Crippen molar-refractivity contribution in [1.82, 2.24) is 19.8 Å². The summed E-state index contributed by atoms with van der Waals surface area (Å²) in [6.45, 7) is 7.49. The summed E-state index contributed by atoms with van der Waals surface area (Å²) < 4.78 is 6.77. The second-order valence-corrected chi connectivity index (χ2v) is 5.37. The fourth-order valence-corrected chi connectivity index (χ4v) is 2.45. The molecular formula is C15H17N5O2. The van der Waals surface area contributed by atoms with Gasteiger partial charge in [0.25, 0.3) is 0 Å². The quantitative estimate of drug-likeness (QED) is 0.800. The van der Waals surface area contributed by atoms with Crippen LogP contribution >= 0.6 is 0 Å². The zero-order valence-electron chi connectivity index (χ0n) is 13.0. The third kappa shape index (κ3) is 2.57. The summed E-state index contributed by atoms with van der Waals surface area (Å²) in [4.78, 5) is 16.6. The van der Waals surface area contributed by atoms with Gasteiger partial charge in [-0.1, -0.05) is 5.16 Å². The maximum atomic E-state index is 12.2. The van der Waals surface area contributed by atoms with E-state index in [1.54, 1.807) is 17.5 Å². The van der Waals surface area contributed by atoms with Crippen LogP contribution in [-0.2, 0) is 11.2 Å². The van der Waals surface area contributed by atoms with Crippen molar-refractivity contribution in [3.05, 3.63) is 40.5 Å². The summed E-state index contributed by atoms with van der Waals surface area (Å²) in [6, 6.07) is 3.70. The lowest BCUT2D eigenvalue weighted by molar-refractivity contribution is -0.115. The molecule has 0 aromatic carbocycles. The van der Waals surface area contributed by atoms with Gasteiger partial charge in [0.1, 0.15) is 5.76 Å². The average molecular weight is 299 g/mol. The van der Waals surface area contributed by atoms with Gasteiger partial charge in [0.2, 0.25) is 5.91 Å². The topological polar surface area (TPSA) is 85.3 Å². The Morgan fingerprint density at radius 2 is 2.05 bits per heavy atom. The van der Waals surface area contributed by atoms with Gasteiger partial charge in [-0.05, 0) is 33.8 Å². The standard InChI is InChI=1S/C15H17N5O2/c1-8-5-9(2)20-14(16-8)7-13(18-20)17-15(21)6-12-10(3)19-22-11(12)4/h5,7H,6H2,1-4H3,(H,17,18,21). The van der Waals surface area contributed by atoms with Crippen molar-refractivity contribution in [2.24, 2.45) is 0 Å². The van der Waals surface area contributed by atoms with Gasteiger partial charge in [-0.3, -0.25) is 4.79 Å². The number of amides is 1. The van der Waals surface area contributed by atoms with E-state index in [2.05, 4.69) is 20.6 Å². The van der Waals surface area contributed by atoms with Crippen LogP contribution in [0.3, 0.4) is 0 Å². The lowest BCUT2D eigenvalue weighted by atomic mass is 10.1. The first-order valence-electron chi connectivity index (χ1n) is 6.99. The summed E-state index contributed by atoms with van der Waals surface area (Å²) in [5, 5.41) is 11.0. The molecule has 0 aliphatic heterocycles. The van der Waals surface area contributed by atoms with Crippen molar-refractivity contribution in [2.45, 2.75) is 34.1 Å². The molecule has 3 aromatic rings. The number of aryl methyl sites for hydroxylation is 4. The molecule has 0 spiro atoms. The molecule has 7 heteroatoms. The molecule has 1 N–H and O–H groups in total. The molecule has 1 amide bonds. The Labute approximate surface area is 127 Å². The van der Waals surface area contributed by atoms with Gasteiger partial charge >= 0.3 is 0 Å². The van der Waals surface area contributed by atoms with Gasteiger partial charge < -0.3 is 9.84 Å². The third-order valence-corrected chi connectivity index (χ3v) is 3.52. The van der Waals surface area contributed by atoms with Gasteiger partial charge in [0, 0.05) is 23.0 Å². The monoisotopic (exact) mass is 299 g/mol. The van der Waals surface area contributed by atoms with Crippen LogP contribution in [0.1, 0.15) is 28.4 Å². The summed E-state index contributed by atoms with van der Waals surface area (Å²) in [6.07, 6.45) is 0.209. The van der Waals surface area contributed by atoms with Crippen LogP contribution in [0.2, 0.25) is 0 Å². The molecule has 0 saturated heterocycles. The highest BCUT2D eigenvalue weighted by atomic mass is 16.5. The number of hydrogen-bond acceptors (Lipinski definition) is 5. The molecule has 3 heterocycles. The zero-order valence-corrected chi connectivity index (χ0v) is 13.0. The minimum atomic E-state index is -0.160. The van der Waals surface area contributed by atoms with Gasteiger partial charge in [-0.25, -0.2) is 9.50 Å². The van der Waals surface area contributed by atoms with Crippen molar-refractivity contribution in [1.29, 1.82) is 0 Å². The van der Waals surface area contributed by atoms with Gasteiger partial charge in [0.05, 0.1) is 12.1 Å².